The predicted molar refractivity (Wildman–Crippen MR) is 131 cm³/mol. The predicted octanol–water partition coefficient (Wildman–Crippen LogP) is 2.95. The zero-order chi connectivity index (χ0) is 22.8. The van der Waals surface area contributed by atoms with Gasteiger partial charge in [-0.05, 0) is 51.4 Å². The van der Waals surface area contributed by atoms with Gasteiger partial charge in [0.05, 0.1) is 23.7 Å². The van der Waals surface area contributed by atoms with Crippen LogP contribution in [0.15, 0.2) is 36.5 Å². The number of carbonyl (C=O) groups is 1. The molecular weight excluding hydrogens is 412 g/mol. The Hall–Kier alpha value is -2.77. The molecule has 0 N–H and O–H groups in total. The molecule has 0 radical (unpaired) electrons. The number of benzene rings is 1. The average molecular weight is 447 g/mol. The standard InChI is InChI=1S/C26H34N6O/c1-20-5-7-22(8-6-20)19-32-25-24(18-27-32)23(17-21(2)28-25)26(33)31-15-13-30(14-16-31)12-11-29-9-3-4-10-29/h5-8,17-18H,3-4,9-16,19H2,1-2H3. The lowest BCUT2D eigenvalue weighted by molar-refractivity contribution is 0.0628. The van der Waals surface area contributed by atoms with Gasteiger partial charge in [0.2, 0.25) is 0 Å². The minimum atomic E-state index is 0.0968. The molecule has 2 aliphatic heterocycles. The molecule has 3 aromatic rings. The summed E-state index contributed by atoms with van der Waals surface area (Å²) < 4.78 is 1.90. The quantitative estimate of drug-likeness (QED) is 0.583. The first kappa shape index (κ1) is 22.0. The van der Waals surface area contributed by atoms with Crippen molar-refractivity contribution in [3.8, 4) is 0 Å². The van der Waals surface area contributed by atoms with E-state index in [1.807, 2.05) is 22.6 Å². The third-order valence-corrected chi connectivity index (χ3v) is 7.01. The molecule has 0 unspecified atom stereocenters. The fourth-order valence-corrected chi connectivity index (χ4v) is 4.97. The van der Waals surface area contributed by atoms with Gasteiger partial charge in [-0.3, -0.25) is 9.69 Å². The molecule has 1 aromatic carbocycles. The monoisotopic (exact) mass is 446 g/mol. The number of nitrogens with zero attached hydrogens (tertiary/aromatic N) is 6. The summed E-state index contributed by atoms with van der Waals surface area (Å²) in [5.74, 6) is 0.0968. The Morgan fingerprint density at radius 3 is 2.27 bits per heavy atom. The van der Waals surface area contributed by atoms with E-state index in [2.05, 4.69) is 46.1 Å². The van der Waals surface area contributed by atoms with Crippen molar-refractivity contribution in [1.82, 2.24) is 29.5 Å². The summed E-state index contributed by atoms with van der Waals surface area (Å²) in [5.41, 5.74) is 4.76. The summed E-state index contributed by atoms with van der Waals surface area (Å²) in [6, 6.07) is 10.4. The second kappa shape index (κ2) is 9.61. The van der Waals surface area contributed by atoms with Gasteiger partial charge in [-0.2, -0.15) is 5.10 Å². The minimum absolute atomic E-state index is 0.0968. The Labute approximate surface area is 196 Å². The molecule has 2 aromatic heterocycles. The molecule has 0 spiro atoms. The fourth-order valence-electron chi connectivity index (χ4n) is 4.97. The van der Waals surface area contributed by atoms with Gasteiger partial charge in [0, 0.05) is 45.0 Å². The Bertz CT molecular complexity index is 1110. The number of aryl methyl sites for hydroxylation is 2. The number of pyridine rings is 1. The summed E-state index contributed by atoms with van der Waals surface area (Å²) in [6.45, 7) is 12.9. The van der Waals surface area contributed by atoms with Crippen molar-refractivity contribution < 1.29 is 4.79 Å². The van der Waals surface area contributed by atoms with Crippen molar-refractivity contribution in [2.75, 3.05) is 52.4 Å². The van der Waals surface area contributed by atoms with Crippen molar-refractivity contribution in [2.24, 2.45) is 0 Å². The highest BCUT2D eigenvalue weighted by Gasteiger charge is 2.25. The molecule has 2 fully saturated rings. The highest BCUT2D eigenvalue weighted by atomic mass is 16.2. The van der Waals surface area contributed by atoms with Crippen molar-refractivity contribution >= 4 is 16.9 Å². The maximum absolute atomic E-state index is 13.5. The van der Waals surface area contributed by atoms with E-state index in [1.165, 1.54) is 37.1 Å². The number of rotatable bonds is 6. The number of piperazine rings is 1. The van der Waals surface area contributed by atoms with E-state index in [0.717, 1.165) is 61.6 Å². The Morgan fingerprint density at radius 1 is 0.909 bits per heavy atom. The van der Waals surface area contributed by atoms with E-state index in [4.69, 9.17) is 4.98 Å². The smallest absolute Gasteiger partial charge is 0.254 e. The number of aromatic nitrogens is 3. The van der Waals surface area contributed by atoms with Crippen LogP contribution in [-0.4, -0.2) is 87.7 Å². The van der Waals surface area contributed by atoms with Crippen LogP contribution in [0, 0.1) is 13.8 Å². The summed E-state index contributed by atoms with van der Waals surface area (Å²) in [7, 11) is 0. The van der Waals surface area contributed by atoms with Crippen LogP contribution >= 0.6 is 0 Å². The Morgan fingerprint density at radius 2 is 1.58 bits per heavy atom. The van der Waals surface area contributed by atoms with Crippen molar-refractivity contribution in [3.05, 3.63) is 58.9 Å². The molecule has 0 atom stereocenters. The van der Waals surface area contributed by atoms with Gasteiger partial charge in [-0.1, -0.05) is 29.8 Å². The van der Waals surface area contributed by atoms with Gasteiger partial charge in [-0.25, -0.2) is 9.67 Å². The molecule has 0 saturated carbocycles. The van der Waals surface area contributed by atoms with E-state index in [0.29, 0.717) is 6.54 Å². The molecule has 7 nitrogen and oxygen atoms in total. The first-order chi connectivity index (χ1) is 16.1. The maximum atomic E-state index is 13.5. The van der Waals surface area contributed by atoms with E-state index in [9.17, 15) is 4.79 Å². The molecular formula is C26H34N6O. The van der Waals surface area contributed by atoms with Gasteiger partial charge in [-0.15, -0.1) is 0 Å². The molecule has 4 heterocycles. The zero-order valence-electron chi connectivity index (χ0n) is 19.8. The molecule has 0 aliphatic carbocycles. The fraction of sp³-hybridized carbons (Fsp3) is 0.500. The number of likely N-dealkylation sites (tertiary alicyclic amines) is 1. The highest BCUT2D eigenvalue weighted by Crippen LogP contribution is 2.22. The van der Waals surface area contributed by atoms with Gasteiger partial charge in [0.15, 0.2) is 5.65 Å². The third kappa shape index (κ3) is 4.94. The zero-order valence-corrected chi connectivity index (χ0v) is 19.8. The molecule has 2 saturated heterocycles. The molecule has 5 rings (SSSR count). The van der Waals surface area contributed by atoms with E-state index in [1.54, 1.807) is 6.20 Å². The molecule has 7 heteroatoms. The molecule has 1 amide bonds. The summed E-state index contributed by atoms with van der Waals surface area (Å²) in [6.07, 6.45) is 4.48. The number of carbonyl (C=O) groups excluding carboxylic acids is 1. The lowest BCUT2D eigenvalue weighted by Crippen LogP contribution is -2.50. The van der Waals surface area contributed by atoms with Crippen molar-refractivity contribution in [3.63, 3.8) is 0 Å². The van der Waals surface area contributed by atoms with Crippen LogP contribution in [0.3, 0.4) is 0 Å². The van der Waals surface area contributed by atoms with Crippen LogP contribution in [0.1, 0.15) is 40.0 Å². The Balaban J connectivity index is 1.27. The molecule has 0 bridgehead atoms. The third-order valence-electron chi connectivity index (χ3n) is 7.01. The van der Waals surface area contributed by atoms with Gasteiger partial charge in [0.25, 0.3) is 5.91 Å². The molecule has 174 valence electrons. The lowest BCUT2D eigenvalue weighted by atomic mass is 10.1. The lowest BCUT2D eigenvalue weighted by Gasteiger charge is -2.35. The SMILES string of the molecule is Cc1ccc(Cn2ncc3c(C(=O)N4CCN(CCN5CCCC5)CC4)cc(C)nc32)cc1. The van der Waals surface area contributed by atoms with Crippen LogP contribution in [0.5, 0.6) is 0 Å². The van der Waals surface area contributed by atoms with E-state index < -0.39 is 0 Å². The molecule has 2 aliphatic rings. The largest absolute Gasteiger partial charge is 0.336 e. The van der Waals surface area contributed by atoms with Gasteiger partial charge < -0.3 is 9.80 Å². The second-order valence-electron chi connectivity index (χ2n) is 9.52. The first-order valence-electron chi connectivity index (χ1n) is 12.2. The minimum Gasteiger partial charge on any atom is -0.336 e. The topological polar surface area (TPSA) is 57.5 Å². The summed E-state index contributed by atoms with van der Waals surface area (Å²) >= 11 is 0. The Kier molecular flexibility index (Phi) is 6.42. The van der Waals surface area contributed by atoms with Crippen LogP contribution in [0.25, 0.3) is 11.0 Å². The van der Waals surface area contributed by atoms with Crippen molar-refractivity contribution in [1.29, 1.82) is 0 Å². The van der Waals surface area contributed by atoms with E-state index in [-0.39, 0.29) is 5.91 Å². The number of hydrogen-bond donors (Lipinski definition) is 0. The number of hydrogen-bond acceptors (Lipinski definition) is 5. The summed E-state index contributed by atoms with van der Waals surface area (Å²) in [5, 5.41) is 5.43. The van der Waals surface area contributed by atoms with Gasteiger partial charge >= 0.3 is 0 Å². The highest BCUT2D eigenvalue weighted by molar-refractivity contribution is 6.05. The average Bonchev–Trinajstić information content (AvgIpc) is 3.49. The van der Waals surface area contributed by atoms with Gasteiger partial charge in [0.1, 0.15) is 0 Å². The number of fused-ring (bicyclic) bond motifs is 1. The van der Waals surface area contributed by atoms with Crippen LogP contribution in [0.4, 0.5) is 0 Å². The first-order valence-corrected chi connectivity index (χ1v) is 12.2. The van der Waals surface area contributed by atoms with Crippen LogP contribution < -0.4 is 0 Å². The normalized spacial score (nSPS) is 17.8. The second-order valence-corrected chi connectivity index (χ2v) is 9.52. The van der Waals surface area contributed by atoms with Crippen molar-refractivity contribution in [2.45, 2.75) is 33.2 Å². The number of amides is 1. The molecule has 33 heavy (non-hydrogen) atoms. The van der Waals surface area contributed by atoms with Crippen LogP contribution in [0.2, 0.25) is 0 Å². The summed E-state index contributed by atoms with van der Waals surface area (Å²) in [4.78, 5) is 25.3. The maximum Gasteiger partial charge on any atom is 0.254 e. The van der Waals surface area contributed by atoms with Crippen LogP contribution in [-0.2, 0) is 6.54 Å². The van der Waals surface area contributed by atoms with E-state index >= 15 is 0 Å².